The molecule has 0 bridgehead atoms. The van der Waals surface area contributed by atoms with Gasteiger partial charge in [-0.2, -0.15) is 0 Å². The molecule has 1 aromatic heterocycles. The molecule has 1 aromatic carbocycles. The molecule has 1 N–H and O–H groups in total. The first kappa shape index (κ1) is 14.1. The van der Waals surface area contributed by atoms with Gasteiger partial charge in [0.05, 0.1) is 0 Å². The maximum absolute atomic E-state index is 10.9. The summed E-state index contributed by atoms with van der Waals surface area (Å²) in [5.41, 5.74) is 1.32. The number of aromatic carboxylic acids is 1. The van der Waals surface area contributed by atoms with Gasteiger partial charge >= 0.3 is 5.97 Å². The lowest BCUT2D eigenvalue weighted by atomic mass is 9.97. The molecule has 0 spiro atoms. The first-order valence-corrected chi connectivity index (χ1v) is 8.08. The molecule has 19 heavy (non-hydrogen) atoms. The first-order valence-electron chi connectivity index (χ1n) is 5.98. The van der Waals surface area contributed by atoms with Crippen LogP contribution in [0.4, 0.5) is 0 Å². The van der Waals surface area contributed by atoms with Crippen LogP contribution < -0.4 is 0 Å². The SMILES string of the molecule is CCC(c1ccc(SC)cc1)c1nc(C(=O)O)cs1. The Morgan fingerprint density at radius 1 is 1.42 bits per heavy atom. The average molecular weight is 293 g/mol. The quantitative estimate of drug-likeness (QED) is 0.843. The Labute approximate surface area is 120 Å². The zero-order chi connectivity index (χ0) is 13.8. The normalized spacial score (nSPS) is 12.3. The lowest BCUT2D eigenvalue weighted by Gasteiger charge is -2.12. The Kier molecular flexibility index (Phi) is 4.61. The monoisotopic (exact) mass is 293 g/mol. The average Bonchev–Trinajstić information content (AvgIpc) is 2.90. The number of benzene rings is 1. The van der Waals surface area contributed by atoms with E-state index in [2.05, 4.69) is 36.2 Å². The second-order valence-corrected chi connectivity index (χ2v) is 5.88. The zero-order valence-corrected chi connectivity index (χ0v) is 12.4. The van der Waals surface area contributed by atoms with Crippen LogP contribution in [0.5, 0.6) is 0 Å². The van der Waals surface area contributed by atoms with Crippen molar-refractivity contribution in [2.24, 2.45) is 0 Å². The summed E-state index contributed by atoms with van der Waals surface area (Å²) in [7, 11) is 0. The summed E-state index contributed by atoms with van der Waals surface area (Å²) in [6, 6.07) is 8.38. The van der Waals surface area contributed by atoms with Gasteiger partial charge in [0, 0.05) is 16.2 Å². The van der Waals surface area contributed by atoms with Crippen LogP contribution in [-0.2, 0) is 0 Å². The van der Waals surface area contributed by atoms with E-state index in [0.717, 1.165) is 11.4 Å². The summed E-state index contributed by atoms with van der Waals surface area (Å²) in [4.78, 5) is 16.3. The molecule has 0 fully saturated rings. The highest BCUT2D eigenvalue weighted by Crippen LogP contribution is 2.31. The molecule has 1 unspecified atom stereocenters. The molecule has 2 rings (SSSR count). The van der Waals surface area contributed by atoms with E-state index in [4.69, 9.17) is 5.11 Å². The first-order chi connectivity index (χ1) is 9.15. The number of aromatic nitrogens is 1. The van der Waals surface area contributed by atoms with E-state index in [1.807, 2.05) is 6.26 Å². The van der Waals surface area contributed by atoms with Gasteiger partial charge in [0.1, 0.15) is 5.01 Å². The molecule has 3 nitrogen and oxygen atoms in total. The Morgan fingerprint density at radius 3 is 2.58 bits per heavy atom. The van der Waals surface area contributed by atoms with Crippen molar-refractivity contribution in [3.63, 3.8) is 0 Å². The van der Waals surface area contributed by atoms with Crippen molar-refractivity contribution in [3.8, 4) is 0 Å². The van der Waals surface area contributed by atoms with E-state index in [1.165, 1.54) is 21.8 Å². The summed E-state index contributed by atoms with van der Waals surface area (Å²) in [6.07, 6.45) is 2.96. The lowest BCUT2D eigenvalue weighted by Crippen LogP contribution is -2.02. The Bertz CT molecular complexity index is 563. The minimum Gasteiger partial charge on any atom is -0.476 e. The van der Waals surface area contributed by atoms with Crippen molar-refractivity contribution in [1.82, 2.24) is 4.98 Å². The standard InChI is InChI=1S/C14H15NO2S2/c1-3-11(9-4-6-10(18-2)7-5-9)13-15-12(8-19-13)14(16)17/h4-8,11H,3H2,1-2H3,(H,16,17). The number of thiazole rings is 1. The second-order valence-electron chi connectivity index (χ2n) is 4.11. The summed E-state index contributed by atoms with van der Waals surface area (Å²) >= 11 is 3.13. The van der Waals surface area contributed by atoms with Crippen molar-refractivity contribution < 1.29 is 9.90 Å². The van der Waals surface area contributed by atoms with Crippen LogP contribution in [-0.4, -0.2) is 22.3 Å². The number of carboxylic acids is 1. The molecule has 0 radical (unpaired) electrons. The van der Waals surface area contributed by atoms with Gasteiger partial charge in [0.25, 0.3) is 0 Å². The molecular formula is C14H15NO2S2. The number of hydrogen-bond acceptors (Lipinski definition) is 4. The molecule has 1 atom stereocenters. The maximum Gasteiger partial charge on any atom is 0.355 e. The molecule has 5 heteroatoms. The van der Waals surface area contributed by atoms with Gasteiger partial charge in [-0.15, -0.1) is 23.1 Å². The van der Waals surface area contributed by atoms with Gasteiger partial charge in [0.2, 0.25) is 0 Å². The fourth-order valence-corrected chi connectivity index (χ4v) is 3.35. The largest absolute Gasteiger partial charge is 0.476 e. The molecule has 0 saturated carbocycles. The van der Waals surface area contributed by atoms with Crippen molar-refractivity contribution in [1.29, 1.82) is 0 Å². The highest BCUT2D eigenvalue weighted by molar-refractivity contribution is 7.98. The fourth-order valence-electron chi connectivity index (χ4n) is 1.94. The molecule has 100 valence electrons. The fraction of sp³-hybridized carbons (Fsp3) is 0.286. The number of carboxylic acid groups (broad SMARTS) is 1. The topological polar surface area (TPSA) is 50.2 Å². The third-order valence-corrected chi connectivity index (χ3v) is 4.67. The summed E-state index contributed by atoms with van der Waals surface area (Å²) in [6.45, 7) is 2.09. The minimum atomic E-state index is -0.963. The minimum absolute atomic E-state index is 0.138. The van der Waals surface area contributed by atoms with Crippen LogP contribution in [0, 0.1) is 0 Å². The number of hydrogen-bond donors (Lipinski definition) is 1. The summed E-state index contributed by atoms with van der Waals surface area (Å²) < 4.78 is 0. The van der Waals surface area contributed by atoms with E-state index < -0.39 is 5.97 Å². The number of rotatable bonds is 5. The van der Waals surface area contributed by atoms with Crippen molar-refractivity contribution in [2.75, 3.05) is 6.26 Å². The van der Waals surface area contributed by atoms with Crippen LogP contribution in [0.15, 0.2) is 34.5 Å². The van der Waals surface area contributed by atoms with E-state index in [9.17, 15) is 4.79 Å². The van der Waals surface area contributed by atoms with Crippen LogP contribution in [0.3, 0.4) is 0 Å². The molecule has 2 aromatic rings. The summed E-state index contributed by atoms with van der Waals surface area (Å²) in [5, 5.41) is 11.4. The second kappa shape index (κ2) is 6.21. The predicted octanol–water partition coefficient (Wildman–Crippen LogP) is 4.11. The number of thioether (sulfide) groups is 1. The lowest BCUT2D eigenvalue weighted by molar-refractivity contribution is 0.0691. The van der Waals surface area contributed by atoms with Gasteiger partial charge in [-0.1, -0.05) is 19.1 Å². The van der Waals surface area contributed by atoms with Gasteiger partial charge in [-0.3, -0.25) is 0 Å². The third kappa shape index (κ3) is 3.16. The predicted molar refractivity (Wildman–Crippen MR) is 79.4 cm³/mol. The zero-order valence-electron chi connectivity index (χ0n) is 10.8. The molecule has 0 amide bonds. The highest BCUT2D eigenvalue weighted by Gasteiger charge is 2.18. The van der Waals surface area contributed by atoms with E-state index in [-0.39, 0.29) is 11.6 Å². The van der Waals surface area contributed by atoms with Gasteiger partial charge < -0.3 is 5.11 Å². The summed E-state index contributed by atoms with van der Waals surface area (Å²) in [5.74, 6) is -0.788. The van der Waals surface area contributed by atoms with Crippen LogP contribution >= 0.6 is 23.1 Å². The van der Waals surface area contributed by atoms with Gasteiger partial charge in [-0.05, 0) is 30.4 Å². The van der Waals surface area contributed by atoms with Crippen molar-refractivity contribution in [2.45, 2.75) is 24.2 Å². The van der Waals surface area contributed by atoms with Crippen LogP contribution in [0.25, 0.3) is 0 Å². The van der Waals surface area contributed by atoms with Crippen molar-refractivity contribution >= 4 is 29.1 Å². The molecule has 1 heterocycles. The highest BCUT2D eigenvalue weighted by atomic mass is 32.2. The van der Waals surface area contributed by atoms with Crippen LogP contribution in [0.1, 0.15) is 40.3 Å². The Hall–Kier alpha value is -1.33. The van der Waals surface area contributed by atoms with E-state index in [0.29, 0.717) is 0 Å². The molecule has 0 aliphatic carbocycles. The third-order valence-electron chi connectivity index (χ3n) is 2.97. The van der Waals surface area contributed by atoms with Crippen molar-refractivity contribution in [3.05, 3.63) is 45.9 Å². The maximum atomic E-state index is 10.9. The van der Waals surface area contributed by atoms with Gasteiger partial charge in [-0.25, -0.2) is 9.78 Å². The van der Waals surface area contributed by atoms with Gasteiger partial charge in [0.15, 0.2) is 5.69 Å². The van der Waals surface area contributed by atoms with E-state index in [1.54, 1.807) is 17.1 Å². The molecule has 0 aliphatic heterocycles. The number of carbonyl (C=O) groups is 1. The molecular weight excluding hydrogens is 278 g/mol. The van der Waals surface area contributed by atoms with E-state index >= 15 is 0 Å². The number of nitrogens with zero attached hydrogens (tertiary/aromatic N) is 1. The Morgan fingerprint density at radius 2 is 2.11 bits per heavy atom. The van der Waals surface area contributed by atoms with Crippen LogP contribution in [0.2, 0.25) is 0 Å². The smallest absolute Gasteiger partial charge is 0.355 e. The Balaban J connectivity index is 2.29. The molecule has 0 saturated heterocycles. The molecule has 0 aliphatic rings.